The SMILES string of the molecule is COc1ccc(NC(=O)c2ccc(-c3ccc(F)cc3)o2)cc1OC. The van der Waals surface area contributed by atoms with Crippen LogP contribution in [0, 0.1) is 5.82 Å². The van der Waals surface area contributed by atoms with E-state index in [2.05, 4.69) is 5.32 Å². The van der Waals surface area contributed by atoms with Crippen molar-refractivity contribution in [2.75, 3.05) is 19.5 Å². The lowest BCUT2D eigenvalue weighted by Gasteiger charge is -2.10. The second-order valence-corrected chi connectivity index (χ2v) is 5.19. The van der Waals surface area contributed by atoms with Gasteiger partial charge in [-0.15, -0.1) is 0 Å². The van der Waals surface area contributed by atoms with Crippen LogP contribution in [0.2, 0.25) is 0 Å². The molecular formula is C19H16FNO4. The fourth-order valence-corrected chi connectivity index (χ4v) is 2.34. The Balaban J connectivity index is 1.77. The van der Waals surface area contributed by atoms with E-state index in [1.54, 1.807) is 42.5 Å². The van der Waals surface area contributed by atoms with Crippen LogP contribution in [-0.4, -0.2) is 20.1 Å². The van der Waals surface area contributed by atoms with Crippen molar-refractivity contribution in [1.82, 2.24) is 0 Å². The summed E-state index contributed by atoms with van der Waals surface area (Å²) in [5.74, 6) is 0.970. The highest BCUT2D eigenvalue weighted by molar-refractivity contribution is 6.02. The Morgan fingerprint density at radius 1 is 0.960 bits per heavy atom. The Labute approximate surface area is 144 Å². The zero-order valence-corrected chi connectivity index (χ0v) is 13.7. The minimum absolute atomic E-state index is 0.147. The van der Waals surface area contributed by atoms with Gasteiger partial charge in [-0.3, -0.25) is 4.79 Å². The second-order valence-electron chi connectivity index (χ2n) is 5.19. The third kappa shape index (κ3) is 3.63. The summed E-state index contributed by atoms with van der Waals surface area (Å²) >= 11 is 0. The van der Waals surface area contributed by atoms with Gasteiger partial charge in [-0.05, 0) is 48.5 Å². The molecule has 0 bridgehead atoms. The van der Waals surface area contributed by atoms with E-state index in [4.69, 9.17) is 13.9 Å². The van der Waals surface area contributed by atoms with Crippen molar-refractivity contribution in [3.8, 4) is 22.8 Å². The van der Waals surface area contributed by atoms with Gasteiger partial charge in [0, 0.05) is 17.3 Å². The monoisotopic (exact) mass is 341 g/mol. The van der Waals surface area contributed by atoms with Gasteiger partial charge in [0.25, 0.3) is 5.91 Å². The lowest BCUT2D eigenvalue weighted by molar-refractivity contribution is 0.0997. The number of methoxy groups -OCH3 is 2. The number of halogens is 1. The van der Waals surface area contributed by atoms with E-state index in [0.717, 1.165) is 0 Å². The summed E-state index contributed by atoms with van der Waals surface area (Å²) in [5, 5.41) is 2.73. The molecule has 1 N–H and O–H groups in total. The molecule has 128 valence electrons. The van der Waals surface area contributed by atoms with Crippen molar-refractivity contribution in [1.29, 1.82) is 0 Å². The highest BCUT2D eigenvalue weighted by Gasteiger charge is 2.14. The van der Waals surface area contributed by atoms with Gasteiger partial charge in [-0.1, -0.05) is 0 Å². The van der Waals surface area contributed by atoms with Crippen LogP contribution in [-0.2, 0) is 0 Å². The maximum atomic E-state index is 13.0. The number of benzene rings is 2. The molecule has 1 heterocycles. The first-order chi connectivity index (χ1) is 12.1. The van der Waals surface area contributed by atoms with Crippen molar-refractivity contribution >= 4 is 11.6 Å². The Morgan fingerprint density at radius 2 is 1.68 bits per heavy atom. The highest BCUT2D eigenvalue weighted by atomic mass is 19.1. The van der Waals surface area contributed by atoms with Crippen LogP contribution >= 0.6 is 0 Å². The van der Waals surface area contributed by atoms with E-state index in [9.17, 15) is 9.18 Å². The van der Waals surface area contributed by atoms with Crippen LogP contribution in [0.25, 0.3) is 11.3 Å². The highest BCUT2D eigenvalue weighted by Crippen LogP contribution is 2.30. The zero-order chi connectivity index (χ0) is 17.8. The third-order valence-corrected chi connectivity index (χ3v) is 3.60. The van der Waals surface area contributed by atoms with Crippen molar-refractivity contribution in [2.45, 2.75) is 0 Å². The molecule has 0 spiro atoms. The van der Waals surface area contributed by atoms with Crippen LogP contribution in [0.1, 0.15) is 10.6 Å². The number of hydrogen-bond donors (Lipinski definition) is 1. The molecule has 5 nitrogen and oxygen atoms in total. The molecule has 0 aliphatic rings. The Morgan fingerprint density at radius 3 is 2.36 bits per heavy atom. The largest absolute Gasteiger partial charge is 0.493 e. The van der Waals surface area contributed by atoms with Gasteiger partial charge in [0.1, 0.15) is 11.6 Å². The number of carbonyl (C=O) groups excluding carboxylic acids is 1. The van der Waals surface area contributed by atoms with Gasteiger partial charge in [-0.25, -0.2) is 4.39 Å². The maximum Gasteiger partial charge on any atom is 0.291 e. The van der Waals surface area contributed by atoms with E-state index < -0.39 is 5.91 Å². The molecule has 0 fully saturated rings. The van der Waals surface area contributed by atoms with Crippen LogP contribution in [0.4, 0.5) is 10.1 Å². The molecule has 0 saturated carbocycles. The molecule has 0 radical (unpaired) electrons. The maximum absolute atomic E-state index is 13.0. The first-order valence-corrected chi connectivity index (χ1v) is 7.50. The van der Waals surface area contributed by atoms with Crippen LogP contribution < -0.4 is 14.8 Å². The topological polar surface area (TPSA) is 60.7 Å². The summed E-state index contributed by atoms with van der Waals surface area (Å²) in [4.78, 5) is 12.3. The standard InChI is InChI=1S/C19H16FNO4/c1-23-16-8-7-14(11-18(16)24-2)21-19(22)17-10-9-15(25-17)12-3-5-13(20)6-4-12/h3-11H,1-2H3,(H,21,22). The summed E-state index contributed by atoms with van der Waals surface area (Å²) < 4.78 is 28.9. The van der Waals surface area contributed by atoms with E-state index >= 15 is 0 Å². The van der Waals surface area contributed by atoms with Gasteiger partial charge < -0.3 is 19.2 Å². The van der Waals surface area contributed by atoms with Gasteiger partial charge >= 0.3 is 0 Å². The van der Waals surface area contributed by atoms with Crippen molar-refractivity contribution < 1.29 is 23.1 Å². The lowest BCUT2D eigenvalue weighted by Crippen LogP contribution is -2.10. The van der Waals surface area contributed by atoms with Crippen LogP contribution in [0.15, 0.2) is 59.0 Å². The van der Waals surface area contributed by atoms with Crippen molar-refractivity contribution in [2.24, 2.45) is 0 Å². The molecule has 0 aliphatic carbocycles. The van der Waals surface area contributed by atoms with Gasteiger partial charge in [0.2, 0.25) is 0 Å². The number of ether oxygens (including phenoxy) is 2. The first-order valence-electron chi connectivity index (χ1n) is 7.50. The number of hydrogen-bond acceptors (Lipinski definition) is 4. The van der Waals surface area contributed by atoms with Gasteiger partial charge in [0.05, 0.1) is 14.2 Å². The number of carbonyl (C=O) groups is 1. The number of anilines is 1. The van der Waals surface area contributed by atoms with E-state index in [-0.39, 0.29) is 11.6 Å². The van der Waals surface area contributed by atoms with Crippen molar-refractivity contribution in [3.05, 3.63) is 66.2 Å². The number of rotatable bonds is 5. The average Bonchev–Trinajstić information content (AvgIpc) is 3.12. The summed E-state index contributed by atoms with van der Waals surface area (Å²) in [6.45, 7) is 0. The van der Waals surface area contributed by atoms with Gasteiger partial charge in [0.15, 0.2) is 17.3 Å². The summed E-state index contributed by atoms with van der Waals surface area (Å²) in [7, 11) is 3.06. The lowest BCUT2D eigenvalue weighted by atomic mass is 10.2. The first kappa shape index (κ1) is 16.6. The Kier molecular flexibility index (Phi) is 4.70. The van der Waals surface area contributed by atoms with Gasteiger partial charge in [-0.2, -0.15) is 0 Å². The molecular weight excluding hydrogens is 325 g/mol. The van der Waals surface area contributed by atoms with E-state index in [1.807, 2.05) is 0 Å². The fourth-order valence-electron chi connectivity index (χ4n) is 2.34. The fraction of sp³-hybridized carbons (Fsp3) is 0.105. The average molecular weight is 341 g/mol. The third-order valence-electron chi connectivity index (χ3n) is 3.60. The zero-order valence-electron chi connectivity index (χ0n) is 13.7. The smallest absolute Gasteiger partial charge is 0.291 e. The minimum Gasteiger partial charge on any atom is -0.493 e. The molecule has 6 heteroatoms. The molecule has 0 aliphatic heterocycles. The summed E-state index contributed by atoms with van der Waals surface area (Å²) in [5.41, 5.74) is 1.23. The predicted octanol–water partition coefficient (Wildman–Crippen LogP) is 4.36. The summed E-state index contributed by atoms with van der Waals surface area (Å²) in [6.07, 6.45) is 0. The van der Waals surface area contributed by atoms with Crippen molar-refractivity contribution in [3.63, 3.8) is 0 Å². The van der Waals surface area contributed by atoms with Crippen LogP contribution in [0.3, 0.4) is 0 Å². The second kappa shape index (κ2) is 7.09. The molecule has 25 heavy (non-hydrogen) atoms. The number of nitrogens with one attached hydrogen (secondary N) is 1. The molecule has 1 aromatic heterocycles. The molecule has 3 rings (SSSR count). The van der Waals surface area contributed by atoms with Crippen LogP contribution in [0.5, 0.6) is 11.5 Å². The normalized spacial score (nSPS) is 10.4. The quantitative estimate of drug-likeness (QED) is 0.749. The minimum atomic E-state index is -0.402. The predicted molar refractivity (Wildman–Crippen MR) is 91.6 cm³/mol. The molecule has 0 saturated heterocycles. The molecule has 3 aromatic rings. The Hall–Kier alpha value is -3.28. The molecule has 1 amide bonds. The molecule has 2 aromatic carbocycles. The molecule has 0 unspecified atom stereocenters. The molecule has 0 atom stereocenters. The summed E-state index contributed by atoms with van der Waals surface area (Å²) in [6, 6.07) is 14.1. The van der Waals surface area contributed by atoms with E-state index in [0.29, 0.717) is 28.5 Å². The number of furan rings is 1. The van der Waals surface area contributed by atoms with E-state index in [1.165, 1.54) is 26.4 Å². The Bertz CT molecular complexity index is 887. The number of amides is 1.